The Labute approximate surface area is 175 Å². The molecule has 1 aliphatic heterocycles. The van der Waals surface area contributed by atoms with Gasteiger partial charge in [0, 0.05) is 4.88 Å². The average Bonchev–Trinajstić information content (AvgIpc) is 3.30. The standard InChI is InChI=1S/C22H20N2O3S2/c1-4-27-21(26)18-14(3)23-22-24(19(18)15-9-7-13(2)8-10-15)20(25)17(29-22)12-16-6-5-11-28-16/h5-12,19H,4H2,1-3H3/b17-12+/t19-/m0/s1. The maximum absolute atomic E-state index is 13.3. The van der Waals surface area contributed by atoms with E-state index in [1.54, 1.807) is 29.8 Å². The second kappa shape index (κ2) is 7.93. The van der Waals surface area contributed by atoms with Gasteiger partial charge in [0.05, 0.1) is 28.5 Å². The Kier molecular flexibility index (Phi) is 5.34. The Morgan fingerprint density at radius 3 is 2.66 bits per heavy atom. The van der Waals surface area contributed by atoms with Gasteiger partial charge in [0.1, 0.15) is 0 Å². The highest BCUT2D eigenvalue weighted by atomic mass is 32.1. The van der Waals surface area contributed by atoms with Crippen LogP contribution in [-0.4, -0.2) is 17.1 Å². The molecule has 0 bridgehead atoms. The summed E-state index contributed by atoms with van der Waals surface area (Å²) in [6, 6.07) is 11.2. The zero-order valence-electron chi connectivity index (χ0n) is 16.3. The molecule has 0 saturated carbocycles. The number of fused-ring (bicyclic) bond motifs is 1. The number of rotatable bonds is 4. The highest BCUT2D eigenvalue weighted by Crippen LogP contribution is 2.30. The van der Waals surface area contributed by atoms with Gasteiger partial charge in [-0.1, -0.05) is 47.2 Å². The molecule has 0 radical (unpaired) electrons. The van der Waals surface area contributed by atoms with Gasteiger partial charge >= 0.3 is 5.97 Å². The van der Waals surface area contributed by atoms with E-state index < -0.39 is 12.0 Å². The van der Waals surface area contributed by atoms with Crippen molar-refractivity contribution in [3.63, 3.8) is 0 Å². The summed E-state index contributed by atoms with van der Waals surface area (Å²) in [6.07, 6.45) is 1.88. The Hall–Kier alpha value is -2.77. The first-order chi connectivity index (χ1) is 14.0. The number of allylic oxidation sites excluding steroid dienone is 1. The topological polar surface area (TPSA) is 60.7 Å². The molecule has 3 heterocycles. The highest BCUT2D eigenvalue weighted by Gasteiger charge is 2.33. The molecule has 2 aromatic heterocycles. The van der Waals surface area contributed by atoms with E-state index in [2.05, 4.69) is 4.99 Å². The van der Waals surface area contributed by atoms with Gasteiger partial charge < -0.3 is 4.74 Å². The Morgan fingerprint density at radius 2 is 2.00 bits per heavy atom. The van der Waals surface area contributed by atoms with Crippen LogP contribution in [0.4, 0.5) is 0 Å². The van der Waals surface area contributed by atoms with Crippen LogP contribution in [0.1, 0.15) is 35.9 Å². The molecule has 3 aromatic rings. The lowest BCUT2D eigenvalue weighted by Crippen LogP contribution is -2.39. The second-order valence-electron chi connectivity index (χ2n) is 6.73. The van der Waals surface area contributed by atoms with Crippen molar-refractivity contribution in [1.29, 1.82) is 0 Å². The lowest BCUT2D eigenvalue weighted by Gasteiger charge is -2.24. The number of nitrogens with zero attached hydrogens (tertiary/aromatic N) is 2. The lowest BCUT2D eigenvalue weighted by molar-refractivity contribution is -0.139. The quantitative estimate of drug-likeness (QED) is 0.605. The Bertz CT molecular complexity index is 1260. The highest BCUT2D eigenvalue weighted by molar-refractivity contribution is 7.11. The van der Waals surface area contributed by atoms with E-state index in [0.29, 0.717) is 20.6 Å². The van der Waals surface area contributed by atoms with Gasteiger partial charge in [-0.25, -0.2) is 9.79 Å². The van der Waals surface area contributed by atoms with Crippen molar-refractivity contribution in [1.82, 2.24) is 4.57 Å². The van der Waals surface area contributed by atoms with E-state index in [9.17, 15) is 9.59 Å². The van der Waals surface area contributed by atoms with Crippen LogP contribution >= 0.6 is 22.7 Å². The average molecular weight is 425 g/mol. The maximum atomic E-state index is 13.3. The third-order valence-electron chi connectivity index (χ3n) is 4.73. The SMILES string of the molecule is CCOC(=O)C1=C(C)N=c2s/c(=C/c3cccs3)c(=O)n2[C@H]1c1ccc(C)cc1. The minimum atomic E-state index is -0.559. The number of thiazole rings is 1. The van der Waals surface area contributed by atoms with Gasteiger partial charge in [-0.05, 0) is 43.9 Å². The van der Waals surface area contributed by atoms with Gasteiger partial charge in [0.15, 0.2) is 4.80 Å². The number of ether oxygens (including phenoxy) is 1. The molecule has 1 atom stereocenters. The number of hydrogen-bond acceptors (Lipinski definition) is 6. The van der Waals surface area contributed by atoms with Gasteiger partial charge in [-0.2, -0.15) is 0 Å². The fraction of sp³-hybridized carbons (Fsp3) is 0.227. The van der Waals surface area contributed by atoms with Crippen molar-refractivity contribution in [2.45, 2.75) is 26.8 Å². The van der Waals surface area contributed by atoms with Crippen molar-refractivity contribution in [3.8, 4) is 0 Å². The summed E-state index contributed by atoms with van der Waals surface area (Å²) in [7, 11) is 0. The lowest BCUT2D eigenvalue weighted by atomic mass is 9.95. The monoisotopic (exact) mass is 424 g/mol. The summed E-state index contributed by atoms with van der Waals surface area (Å²) in [6.45, 7) is 5.83. The van der Waals surface area contributed by atoms with Crippen molar-refractivity contribution >= 4 is 34.7 Å². The summed E-state index contributed by atoms with van der Waals surface area (Å²) in [5.74, 6) is -0.438. The van der Waals surface area contributed by atoms with Crippen molar-refractivity contribution in [2.24, 2.45) is 4.99 Å². The zero-order valence-corrected chi connectivity index (χ0v) is 18.0. The van der Waals surface area contributed by atoms with Gasteiger partial charge in [0.25, 0.3) is 5.56 Å². The molecule has 1 aliphatic rings. The normalized spacial score (nSPS) is 16.5. The molecule has 1 aromatic carbocycles. The van der Waals surface area contributed by atoms with Crippen LogP contribution in [0.25, 0.3) is 6.08 Å². The number of aryl methyl sites for hydroxylation is 1. The van der Waals surface area contributed by atoms with E-state index in [0.717, 1.165) is 16.0 Å². The number of thiophene rings is 1. The van der Waals surface area contributed by atoms with E-state index in [1.165, 1.54) is 11.3 Å². The fourth-order valence-corrected chi connectivity index (χ4v) is 5.13. The first-order valence-corrected chi connectivity index (χ1v) is 11.0. The van der Waals surface area contributed by atoms with Crippen LogP contribution in [0.3, 0.4) is 0 Å². The Morgan fingerprint density at radius 1 is 1.24 bits per heavy atom. The van der Waals surface area contributed by atoms with Gasteiger partial charge in [0.2, 0.25) is 0 Å². The van der Waals surface area contributed by atoms with Crippen LogP contribution < -0.4 is 14.9 Å². The molecule has 0 amide bonds. The molecule has 148 valence electrons. The first kappa shape index (κ1) is 19.5. The third-order valence-corrected chi connectivity index (χ3v) is 6.53. The molecule has 4 rings (SSSR count). The minimum Gasteiger partial charge on any atom is -0.463 e. The predicted molar refractivity (Wildman–Crippen MR) is 116 cm³/mol. The summed E-state index contributed by atoms with van der Waals surface area (Å²) < 4.78 is 7.52. The Balaban J connectivity index is 1.97. The largest absolute Gasteiger partial charge is 0.463 e. The molecule has 5 nitrogen and oxygen atoms in total. The van der Waals surface area contributed by atoms with E-state index in [4.69, 9.17) is 4.74 Å². The van der Waals surface area contributed by atoms with Crippen LogP contribution in [-0.2, 0) is 9.53 Å². The van der Waals surface area contributed by atoms with E-state index in [1.807, 2.05) is 54.8 Å². The number of hydrogen-bond donors (Lipinski definition) is 0. The number of esters is 1. The molecule has 0 aliphatic carbocycles. The van der Waals surface area contributed by atoms with Crippen LogP contribution in [0, 0.1) is 6.92 Å². The smallest absolute Gasteiger partial charge is 0.338 e. The van der Waals surface area contributed by atoms with E-state index >= 15 is 0 Å². The van der Waals surface area contributed by atoms with Crippen LogP contribution in [0.15, 0.2) is 62.8 Å². The second-order valence-corrected chi connectivity index (χ2v) is 8.72. The molecule has 0 saturated heterocycles. The van der Waals surface area contributed by atoms with Gasteiger partial charge in [-0.3, -0.25) is 9.36 Å². The molecule has 0 unspecified atom stereocenters. The third kappa shape index (κ3) is 3.63. The maximum Gasteiger partial charge on any atom is 0.338 e. The molecule has 0 spiro atoms. The number of carbonyl (C=O) groups is 1. The fourth-order valence-electron chi connectivity index (χ4n) is 3.36. The van der Waals surface area contributed by atoms with E-state index in [-0.39, 0.29) is 12.2 Å². The molecule has 7 heteroatoms. The summed E-state index contributed by atoms with van der Waals surface area (Å²) >= 11 is 2.91. The molecule has 0 N–H and O–H groups in total. The summed E-state index contributed by atoms with van der Waals surface area (Å²) in [5, 5.41) is 1.97. The summed E-state index contributed by atoms with van der Waals surface area (Å²) in [4.78, 5) is 32.3. The minimum absolute atomic E-state index is 0.151. The first-order valence-electron chi connectivity index (χ1n) is 9.29. The van der Waals surface area contributed by atoms with Crippen molar-refractivity contribution < 1.29 is 9.53 Å². The van der Waals surface area contributed by atoms with Crippen LogP contribution in [0.5, 0.6) is 0 Å². The molecular formula is C22H20N2O3S2. The van der Waals surface area contributed by atoms with Crippen molar-refractivity contribution in [3.05, 3.63) is 88.7 Å². The molecule has 29 heavy (non-hydrogen) atoms. The number of aromatic nitrogens is 1. The predicted octanol–water partition coefficient (Wildman–Crippen LogP) is 3.17. The van der Waals surface area contributed by atoms with Crippen molar-refractivity contribution in [2.75, 3.05) is 6.61 Å². The zero-order chi connectivity index (χ0) is 20.5. The number of carbonyl (C=O) groups excluding carboxylic acids is 1. The van der Waals surface area contributed by atoms with Gasteiger partial charge in [-0.15, -0.1) is 11.3 Å². The van der Waals surface area contributed by atoms with Crippen LogP contribution in [0.2, 0.25) is 0 Å². The molecule has 0 fully saturated rings. The summed E-state index contributed by atoms with van der Waals surface area (Å²) in [5.41, 5.74) is 2.81. The molecular weight excluding hydrogens is 404 g/mol. The number of benzene rings is 1.